The van der Waals surface area contributed by atoms with E-state index in [1.165, 1.54) is 10.4 Å². The second-order valence-electron chi connectivity index (χ2n) is 7.93. The normalized spacial score (nSPS) is 14.1. The van der Waals surface area contributed by atoms with Crippen LogP contribution in [0.25, 0.3) is 0 Å². The van der Waals surface area contributed by atoms with E-state index in [4.69, 9.17) is 21.1 Å². The number of halogens is 1. The van der Waals surface area contributed by atoms with Crippen molar-refractivity contribution in [1.29, 1.82) is 0 Å². The van der Waals surface area contributed by atoms with Crippen molar-refractivity contribution in [3.63, 3.8) is 0 Å². The van der Waals surface area contributed by atoms with Gasteiger partial charge in [0.05, 0.1) is 10.6 Å². The Labute approximate surface area is 204 Å². The van der Waals surface area contributed by atoms with Crippen LogP contribution in [0.2, 0.25) is 5.02 Å². The molecule has 0 spiro atoms. The third kappa shape index (κ3) is 5.70. The van der Waals surface area contributed by atoms with E-state index in [1.807, 2.05) is 18.2 Å². The van der Waals surface area contributed by atoms with E-state index in [0.29, 0.717) is 46.6 Å². The van der Waals surface area contributed by atoms with Crippen LogP contribution in [0.5, 0.6) is 17.2 Å². The fourth-order valence-corrected chi connectivity index (χ4v) is 5.43. The molecule has 0 saturated carbocycles. The van der Waals surface area contributed by atoms with Gasteiger partial charge in [0.1, 0.15) is 11.5 Å². The molecule has 178 valence electrons. The highest BCUT2D eigenvalue weighted by Crippen LogP contribution is 2.32. The Balaban J connectivity index is 1.41. The fraction of sp³-hybridized carbons (Fsp3) is 0.240. The fourth-order valence-electron chi connectivity index (χ4n) is 3.66. The maximum absolute atomic E-state index is 12.8. The number of ether oxygens (including phenoxy) is 2. The predicted octanol–water partition coefficient (Wildman–Crippen LogP) is 5.24. The molecule has 0 atom stereocenters. The van der Waals surface area contributed by atoms with Gasteiger partial charge in [0.15, 0.2) is 12.4 Å². The number of rotatable bonds is 8. The first-order valence-corrected chi connectivity index (χ1v) is 12.7. The van der Waals surface area contributed by atoms with Crippen LogP contribution in [0.4, 0.5) is 5.69 Å². The predicted molar refractivity (Wildman–Crippen MR) is 131 cm³/mol. The molecule has 0 bridgehead atoms. The van der Waals surface area contributed by atoms with Gasteiger partial charge in [0, 0.05) is 18.1 Å². The minimum atomic E-state index is -3.51. The van der Waals surface area contributed by atoms with E-state index in [9.17, 15) is 13.2 Å². The van der Waals surface area contributed by atoms with Crippen molar-refractivity contribution in [3.8, 4) is 17.2 Å². The summed E-state index contributed by atoms with van der Waals surface area (Å²) in [4.78, 5) is 12.8. The van der Waals surface area contributed by atoms with Crippen LogP contribution in [-0.2, 0) is 14.8 Å². The molecule has 3 aromatic rings. The molecule has 7 nitrogen and oxygen atoms in total. The Morgan fingerprint density at radius 1 is 1.00 bits per heavy atom. The number of benzene rings is 3. The van der Waals surface area contributed by atoms with Crippen molar-refractivity contribution < 1.29 is 22.7 Å². The molecule has 0 radical (unpaired) electrons. The highest BCUT2D eigenvalue weighted by Gasteiger charge is 2.27. The molecule has 1 saturated heterocycles. The number of hydrogen-bond acceptors (Lipinski definition) is 5. The summed E-state index contributed by atoms with van der Waals surface area (Å²) in [6, 6.07) is 18.8. The number of carbonyl (C=O) groups excluding carboxylic acids is 1. The van der Waals surface area contributed by atoms with Crippen LogP contribution in [0, 0.1) is 6.92 Å². The summed E-state index contributed by atoms with van der Waals surface area (Å²) < 4.78 is 38.5. The Kier molecular flexibility index (Phi) is 7.41. The number of hydrogen-bond donors (Lipinski definition) is 1. The van der Waals surface area contributed by atoms with Crippen LogP contribution in [-0.4, -0.2) is 38.3 Å². The number of amides is 1. The van der Waals surface area contributed by atoms with Crippen molar-refractivity contribution in [2.75, 3.05) is 25.0 Å². The zero-order valence-corrected chi connectivity index (χ0v) is 20.2. The standard InChI is InChI=1S/C25H25ClN2O5S/c1-18-15-21(34(30,31)28-13-5-6-14-28)10-12-23(18)32-17-25(29)27-22-16-19(26)9-11-24(22)33-20-7-3-2-4-8-20/h2-4,7-12,15-16H,5-6,13-14,17H2,1H3,(H,27,29). The molecule has 1 aliphatic heterocycles. The summed E-state index contributed by atoms with van der Waals surface area (Å²) in [5.74, 6) is 1.09. The average molecular weight is 501 g/mol. The summed E-state index contributed by atoms with van der Waals surface area (Å²) in [5, 5.41) is 3.20. The average Bonchev–Trinajstić information content (AvgIpc) is 3.37. The number of para-hydroxylation sites is 1. The topological polar surface area (TPSA) is 84.9 Å². The highest BCUT2D eigenvalue weighted by atomic mass is 35.5. The maximum Gasteiger partial charge on any atom is 0.262 e. The highest BCUT2D eigenvalue weighted by molar-refractivity contribution is 7.89. The van der Waals surface area contributed by atoms with Crippen molar-refractivity contribution in [3.05, 3.63) is 77.3 Å². The quantitative estimate of drug-likeness (QED) is 0.457. The summed E-state index contributed by atoms with van der Waals surface area (Å²) in [6.45, 7) is 2.56. The molecule has 1 aliphatic rings. The second-order valence-corrected chi connectivity index (χ2v) is 10.3. The van der Waals surface area contributed by atoms with Gasteiger partial charge in [-0.1, -0.05) is 29.8 Å². The van der Waals surface area contributed by atoms with Crippen LogP contribution in [0.1, 0.15) is 18.4 Å². The smallest absolute Gasteiger partial charge is 0.262 e. The van der Waals surface area contributed by atoms with Gasteiger partial charge in [0.25, 0.3) is 5.91 Å². The van der Waals surface area contributed by atoms with Crippen LogP contribution >= 0.6 is 11.6 Å². The first-order valence-electron chi connectivity index (χ1n) is 10.9. The van der Waals surface area contributed by atoms with E-state index in [0.717, 1.165) is 12.8 Å². The lowest BCUT2D eigenvalue weighted by Gasteiger charge is -2.17. The minimum absolute atomic E-state index is 0.227. The van der Waals surface area contributed by atoms with Gasteiger partial charge in [-0.15, -0.1) is 0 Å². The number of nitrogens with zero attached hydrogens (tertiary/aromatic N) is 1. The number of anilines is 1. The molecule has 4 rings (SSSR count). The molecule has 0 aromatic heterocycles. The van der Waals surface area contributed by atoms with E-state index in [1.54, 1.807) is 49.4 Å². The molecule has 1 amide bonds. The Morgan fingerprint density at radius 3 is 2.41 bits per heavy atom. The number of nitrogens with one attached hydrogen (secondary N) is 1. The summed E-state index contributed by atoms with van der Waals surface area (Å²) in [6.07, 6.45) is 1.75. The monoisotopic (exact) mass is 500 g/mol. The molecule has 3 aromatic carbocycles. The zero-order chi connectivity index (χ0) is 24.1. The molecular weight excluding hydrogens is 476 g/mol. The van der Waals surface area contributed by atoms with E-state index < -0.39 is 15.9 Å². The number of aryl methyl sites for hydroxylation is 1. The molecule has 34 heavy (non-hydrogen) atoms. The summed E-state index contributed by atoms with van der Waals surface area (Å²) in [5.41, 5.74) is 1.04. The molecule has 1 fully saturated rings. The number of carbonyl (C=O) groups is 1. The second kappa shape index (κ2) is 10.5. The van der Waals surface area contributed by atoms with E-state index in [2.05, 4.69) is 5.32 Å². The third-order valence-electron chi connectivity index (χ3n) is 5.39. The zero-order valence-electron chi connectivity index (χ0n) is 18.7. The summed E-state index contributed by atoms with van der Waals surface area (Å²) in [7, 11) is -3.51. The van der Waals surface area contributed by atoms with Crippen molar-refractivity contribution in [1.82, 2.24) is 4.31 Å². The van der Waals surface area contributed by atoms with Crippen molar-refractivity contribution >= 4 is 33.2 Å². The van der Waals surface area contributed by atoms with Crippen molar-refractivity contribution in [2.24, 2.45) is 0 Å². The van der Waals surface area contributed by atoms with Crippen molar-refractivity contribution in [2.45, 2.75) is 24.7 Å². The van der Waals surface area contributed by atoms with Gasteiger partial charge >= 0.3 is 0 Å². The Bertz CT molecular complexity index is 1280. The van der Waals surface area contributed by atoms with Gasteiger partial charge in [-0.25, -0.2) is 8.42 Å². The van der Waals surface area contributed by atoms with Crippen LogP contribution < -0.4 is 14.8 Å². The Hall–Kier alpha value is -3.07. The maximum atomic E-state index is 12.8. The summed E-state index contributed by atoms with van der Waals surface area (Å²) >= 11 is 6.11. The molecule has 0 unspecified atom stereocenters. The molecule has 1 heterocycles. The lowest BCUT2D eigenvalue weighted by molar-refractivity contribution is -0.118. The van der Waals surface area contributed by atoms with E-state index in [-0.39, 0.29) is 11.5 Å². The van der Waals surface area contributed by atoms with Gasteiger partial charge in [0.2, 0.25) is 10.0 Å². The molecule has 9 heteroatoms. The van der Waals surface area contributed by atoms with Crippen LogP contribution in [0.3, 0.4) is 0 Å². The molecular formula is C25H25ClN2O5S. The first kappa shape index (κ1) is 24.1. The third-order valence-corrected chi connectivity index (χ3v) is 7.52. The van der Waals surface area contributed by atoms with E-state index >= 15 is 0 Å². The van der Waals surface area contributed by atoms with Crippen LogP contribution in [0.15, 0.2) is 71.6 Å². The Morgan fingerprint density at radius 2 is 1.71 bits per heavy atom. The molecule has 1 N–H and O–H groups in total. The van der Waals surface area contributed by atoms with Gasteiger partial charge < -0.3 is 14.8 Å². The lowest BCUT2D eigenvalue weighted by atomic mass is 10.2. The first-order chi connectivity index (χ1) is 16.3. The minimum Gasteiger partial charge on any atom is -0.483 e. The van der Waals surface area contributed by atoms with Gasteiger partial charge in [-0.3, -0.25) is 4.79 Å². The number of sulfonamides is 1. The largest absolute Gasteiger partial charge is 0.483 e. The SMILES string of the molecule is Cc1cc(S(=O)(=O)N2CCCC2)ccc1OCC(=O)Nc1cc(Cl)ccc1Oc1ccccc1. The van der Waals surface area contributed by atoms with Gasteiger partial charge in [-0.05, 0) is 73.9 Å². The van der Waals surface area contributed by atoms with Gasteiger partial charge in [-0.2, -0.15) is 4.31 Å². The molecule has 0 aliphatic carbocycles. The lowest BCUT2D eigenvalue weighted by Crippen LogP contribution is -2.27.